The quantitative estimate of drug-likeness (QED) is 0.852. The van der Waals surface area contributed by atoms with E-state index in [1.54, 1.807) is 6.07 Å². The molecule has 1 N–H and O–H groups in total. The highest BCUT2D eigenvalue weighted by Gasteiger charge is 2.50. The summed E-state index contributed by atoms with van der Waals surface area (Å²) < 4.78 is 14.4. The largest absolute Gasteiger partial charge is 0.385 e. The van der Waals surface area contributed by atoms with E-state index in [0.29, 0.717) is 12.0 Å². The van der Waals surface area contributed by atoms with Crippen LogP contribution in [0.1, 0.15) is 44.1 Å². The lowest BCUT2D eigenvalue weighted by Crippen LogP contribution is -2.52. The number of allylic oxidation sites excluding steroid dienone is 2. The van der Waals surface area contributed by atoms with Crippen LogP contribution in [0.15, 0.2) is 48.6 Å². The maximum absolute atomic E-state index is 14.4. The highest BCUT2D eigenvalue weighted by atomic mass is 19.1. The first kappa shape index (κ1) is 13.6. The van der Waals surface area contributed by atoms with Gasteiger partial charge in [0.2, 0.25) is 0 Å². The van der Waals surface area contributed by atoms with Crippen LogP contribution in [0.3, 0.4) is 0 Å². The lowest BCUT2D eigenvalue weighted by Gasteiger charge is -2.49. The molecule has 0 spiro atoms. The monoisotopic (exact) mass is 272 g/mol. The van der Waals surface area contributed by atoms with Crippen molar-refractivity contribution in [3.8, 4) is 0 Å². The summed E-state index contributed by atoms with van der Waals surface area (Å²) >= 11 is 0. The molecule has 2 aliphatic carbocycles. The smallest absolute Gasteiger partial charge is 0.127 e. The van der Waals surface area contributed by atoms with E-state index in [2.05, 4.69) is 0 Å². The summed E-state index contributed by atoms with van der Waals surface area (Å²) in [6.45, 7) is 0. The molecule has 2 heteroatoms. The average molecular weight is 272 g/mol. The fourth-order valence-electron chi connectivity index (χ4n) is 3.90. The fraction of sp³-hybridized carbons (Fsp3) is 0.444. The molecule has 1 saturated carbocycles. The molecule has 0 saturated heterocycles. The summed E-state index contributed by atoms with van der Waals surface area (Å²) in [5.74, 6) is -0.189. The van der Waals surface area contributed by atoms with Crippen LogP contribution in [-0.4, -0.2) is 10.7 Å². The first-order chi connectivity index (χ1) is 9.68. The van der Waals surface area contributed by atoms with Crippen molar-refractivity contribution >= 4 is 0 Å². The predicted molar refractivity (Wildman–Crippen MR) is 79.0 cm³/mol. The maximum Gasteiger partial charge on any atom is 0.127 e. The van der Waals surface area contributed by atoms with Crippen LogP contribution in [0.4, 0.5) is 4.39 Å². The van der Waals surface area contributed by atoms with Gasteiger partial charge in [-0.15, -0.1) is 0 Å². The Hall–Kier alpha value is -1.41. The minimum atomic E-state index is -0.968. The van der Waals surface area contributed by atoms with Gasteiger partial charge in [-0.1, -0.05) is 61.8 Å². The van der Waals surface area contributed by atoms with E-state index < -0.39 is 11.0 Å². The third kappa shape index (κ3) is 2.03. The summed E-state index contributed by atoms with van der Waals surface area (Å²) in [6, 6.07) is 6.96. The molecule has 1 aromatic rings. The highest BCUT2D eigenvalue weighted by molar-refractivity contribution is 5.37. The number of aliphatic hydroxyl groups is 1. The Labute approximate surface area is 119 Å². The van der Waals surface area contributed by atoms with Gasteiger partial charge in [0.15, 0.2) is 0 Å². The first-order valence-corrected chi connectivity index (χ1v) is 7.50. The van der Waals surface area contributed by atoms with Crippen molar-refractivity contribution in [2.24, 2.45) is 0 Å². The fourth-order valence-corrected chi connectivity index (χ4v) is 3.90. The van der Waals surface area contributed by atoms with Crippen LogP contribution in [-0.2, 0) is 5.41 Å². The van der Waals surface area contributed by atoms with Crippen molar-refractivity contribution in [2.45, 2.75) is 49.5 Å². The number of hydrogen-bond donors (Lipinski definition) is 1. The average Bonchev–Trinajstić information content (AvgIpc) is 2.49. The molecule has 3 rings (SSSR count). The van der Waals surface area contributed by atoms with Gasteiger partial charge in [0, 0.05) is 5.41 Å². The second-order valence-corrected chi connectivity index (χ2v) is 6.04. The third-order valence-electron chi connectivity index (χ3n) is 4.97. The lowest BCUT2D eigenvalue weighted by molar-refractivity contribution is -0.0168. The SMILES string of the molecule is OC1(C2(c3ccccc3F)CCCCC2)C=CC=CC1. The molecule has 0 radical (unpaired) electrons. The van der Waals surface area contributed by atoms with Gasteiger partial charge in [-0.25, -0.2) is 4.39 Å². The van der Waals surface area contributed by atoms with E-state index in [0.717, 1.165) is 25.7 Å². The zero-order valence-electron chi connectivity index (χ0n) is 11.7. The van der Waals surface area contributed by atoms with Gasteiger partial charge in [-0.3, -0.25) is 0 Å². The lowest BCUT2D eigenvalue weighted by atomic mass is 9.58. The topological polar surface area (TPSA) is 20.2 Å². The molecular weight excluding hydrogens is 251 g/mol. The van der Waals surface area contributed by atoms with E-state index in [1.807, 2.05) is 36.4 Å². The molecule has 0 amide bonds. The van der Waals surface area contributed by atoms with Crippen molar-refractivity contribution in [1.82, 2.24) is 0 Å². The Morgan fingerprint density at radius 1 is 1.00 bits per heavy atom. The van der Waals surface area contributed by atoms with Crippen LogP contribution >= 0.6 is 0 Å². The van der Waals surface area contributed by atoms with Crippen LogP contribution in [0.5, 0.6) is 0 Å². The third-order valence-corrected chi connectivity index (χ3v) is 4.97. The molecule has 1 fully saturated rings. The summed E-state index contributed by atoms with van der Waals surface area (Å²) in [7, 11) is 0. The van der Waals surface area contributed by atoms with Gasteiger partial charge in [-0.2, -0.15) is 0 Å². The first-order valence-electron chi connectivity index (χ1n) is 7.50. The molecule has 2 aliphatic rings. The van der Waals surface area contributed by atoms with Crippen LogP contribution in [0.2, 0.25) is 0 Å². The van der Waals surface area contributed by atoms with Crippen molar-refractivity contribution in [1.29, 1.82) is 0 Å². The minimum Gasteiger partial charge on any atom is -0.385 e. The second kappa shape index (κ2) is 5.17. The van der Waals surface area contributed by atoms with Gasteiger partial charge in [0.1, 0.15) is 5.82 Å². The van der Waals surface area contributed by atoms with E-state index >= 15 is 0 Å². The normalized spacial score (nSPS) is 28.5. The van der Waals surface area contributed by atoms with Gasteiger partial charge in [-0.05, 0) is 30.9 Å². The molecule has 20 heavy (non-hydrogen) atoms. The van der Waals surface area contributed by atoms with E-state index in [9.17, 15) is 9.50 Å². The Morgan fingerprint density at radius 2 is 1.75 bits per heavy atom. The van der Waals surface area contributed by atoms with E-state index in [-0.39, 0.29) is 5.82 Å². The summed E-state index contributed by atoms with van der Waals surface area (Å²) in [6.07, 6.45) is 13.2. The Balaban J connectivity index is 2.12. The number of benzene rings is 1. The van der Waals surface area contributed by atoms with E-state index in [1.165, 1.54) is 12.5 Å². The number of halogens is 1. The summed E-state index contributed by atoms with van der Waals surface area (Å²) in [4.78, 5) is 0. The van der Waals surface area contributed by atoms with Crippen molar-refractivity contribution in [3.05, 3.63) is 60.0 Å². The maximum atomic E-state index is 14.4. The van der Waals surface area contributed by atoms with Gasteiger partial charge >= 0.3 is 0 Å². The second-order valence-electron chi connectivity index (χ2n) is 6.04. The molecule has 1 unspecified atom stereocenters. The van der Waals surface area contributed by atoms with Crippen LogP contribution in [0, 0.1) is 5.82 Å². The molecular formula is C18H21FO. The molecule has 1 nitrogen and oxygen atoms in total. The Bertz CT molecular complexity index is 540. The molecule has 1 aromatic carbocycles. The molecule has 106 valence electrons. The van der Waals surface area contributed by atoms with Gasteiger partial charge in [0.05, 0.1) is 5.60 Å². The standard InChI is InChI=1S/C18H21FO/c19-16-10-4-3-9-15(16)17(11-5-1-6-12-17)18(20)13-7-2-8-14-18/h2-4,7-10,13,20H,1,5-6,11-12,14H2. The highest BCUT2D eigenvalue weighted by Crippen LogP contribution is 2.50. The summed E-state index contributed by atoms with van der Waals surface area (Å²) in [5, 5.41) is 11.2. The van der Waals surface area contributed by atoms with Crippen molar-refractivity contribution < 1.29 is 9.50 Å². The molecule has 0 aromatic heterocycles. The van der Waals surface area contributed by atoms with Gasteiger partial charge < -0.3 is 5.11 Å². The molecule has 0 aliphatic heterocycles. The van der Waals surface area contributed by atoms with E-state index in [4.69, 9.17) is 0 Å². The molecule has 0 bridgehead atoms. The van der Waals surface area contributed by atoms with Crippen molar-refractivity contribution in [3.63, 3.8) is 0 Å². The number of rotatable bonds is 2. The van der Waals surface area contributed by atoms with Crippen molar-refractivity contribution in [2.75, 3.05) is 0 Å². The zero-order valence-corrected chi connectivity index (χ0v) is 11.7. The zero-order chi connectivity index (χ0) is 14.1. The predicted octanol–water partition coefficient (Wildman–Crippen LogP) is 4.27. The van der Waals surface area contributed by atoms with Gasteiger partial charge in [0.25, 0.3) is 0 Å². The summed E-state index contributed by atoms with van der Waals surface area (Å²) in [5.41, 5.74) is -0.774. The molecule has 0 heterocycles. The Morgan fingerprint density at radius 3 is 2.40 bits per heavy atom. The molecule has 1 atom stereocenters. The number of hydrogen-bond acceptors (Lipinski definition) is 1. The Kier molecular flexibility index (Phi) is 3.51. The van der Waals surface area contributed by atoms with Crippen LogP contribution < -0.4 is 0 Å². The minimum absolute atomic E-state index is 0.189. The van der Waals surface area contributed by atoms with Crippen LogP contribution in [0.25, 0.3) is 0 Å².